The Labute approximate surface area is 214 Å². The first kappa shape index (κ1) is 26.7. The summed E-state index contributed by atoms with van der Waals surface area (Å²) in [4.78, 5) is 32.6. The van der Waals surface area contributed by atoms with E-state index < -0.39 is 12.1 Å². The predicted octanol–water partition coefficient (Wildman–Crippen LogP) is 4.89. The molecule has 3 aromatic heterocycles. The molecule has 4 heterocycles. The van der Waals surface area contributed by atoms with Gasteiger partial charge in [-0.05, 0) is 61.2 Å². The molecule has 1 unspecified atom stereocenters. The van der Waals surface area contributed by atoms with Crippen molar-refractivity contribution in [3.63, 3.8) is 0 Å². The largest absolute Gasteiger partial charge is 0.490 e. The van der Waals surface area contributed by atoms with E-state index in [-0.39, 0.29) is 17.6 Å². The fraction of sp³-hybridized carbons (Fsp3) is 0.269. The molecule has 1 fully saturated rings. The molecule has 0 aliphatic carbocycles. The number of alkyl halides is 3. The molecule has 1 aliphatic heterocycles. The molecule has 38 heavy (non-hydrogen) atoms. The highest BCUT2D eigenvalue weighted by Gasteiger charge is 2.38. The zero-order valence-electron chi connectivity index (χ0n) is 20.2. The molecule has 4 aromatic rings. The number of amides is 1. The van der Waals surface area contributed by atoms with Crippen LogP contribution in [0.1, 0.15) is 40.6 Å². The van der Waals surface area contributed by atoms with Gasteiger partial charge in [0, 0.05) is 37.0 Å². The molecular weight excluding hydrogens is 506 g/mol. The van der Waals surface area contributed by atoms with Gasteiger partial charge >= 0.3 is 12.1 Å². The van der Waals surface area contributed by atoms with E-state index in [1.165, 1.54) is 12.1 Å². The van der Waals surface area contributed by atoms with E-state index in [4.69, 9.17) is 14.9 Å². The number of carbonyl (C=O) groups is 2. The van der Waals surface area contributed by atoms with Crippen molar-refractivity contribution in [2.75, 3.05) is 13.1 Å². The molecule has 1 amide bonds. The predicted molar refractivity (Wildman–Crippen MR) is 129 cm³/mol. The zero-order valence-corrected chi connectivity index (χ0v) is 20.2. The third-order valence-electron chi connectivity index (χ3n) is 5.95. The lowest BCUT2D eigenvalue weighted by molar-refractivity contribution is -0.192. The maximum absolute atomic E-state index is 13.6. The van der Waals surface area contributed by atoms with Gasteiger partial charge in [-0.1, -0.05) is 18.2 Å². The Morgan fingerprint density at radius 3 is 2.50 bits per heavy atom. The highest BCUT2D eigenvalue weighted by atomic mass is 19.4. The van der Waals surface area contributed by atoms with Crippen molar-refractivity contribution in [1.82, 2.24) is 24.5 Å². The van der Waals surface area contributed by atoms with Gasteiger partial charge in [-0.2, -0.15) is 18.3 Å². The molecule has 0 spiro atoms. The summed E-state index contributed by atoms with van der Waals surface area (Å²) < 4.78 is 47.1. The Balaban J connectivity index is 0.000000426. The van der Waals surface area contributed by atoms with Gasteiger partial charge in [0.2, 0.25) is 0 Å². The van der Waals surface area contributed by atoms with Crippen LogP contribution in [-0.4, -0.2) is 60.7 Å². The summed E-state index contributed by atoms with van der Waals surface area (Å²) in [5.74, 6) is -2.28. The van der Waals surface area contributed by atoms with Gasteiger partial charge in [0.15, 0.2) is 11.5 Å². The molecule has 1 aliphatic rings. The number of fused-ring (bicyclic) bond motifs is 1. The molecule has 1 aromatic carbocycles. The van der Waals surface area contributed by atoms with Gasteiger partial charge < -0.3 is 10.0 Å². The Bertz CT molecular complexity index is 1450. The van der Waals surface area contributed by atoms with Crippen molar-refractivity contribution in [3.05, 3.63) is 83.8 Å². The number of carboxylic acid groups (broad SMARTS) is 1. The molecule has 12 heteroatoms. The van der Waals surface area contributed by atoms with Crippen molar-refractivity contribution in [1.29, 1.82) is 0 Å². The van der Waals surface area contributed by atoms with Gasteiger partial charge in [-0.3, -0.25) is 9.78 Å². The Hall–Kier alpha value is -4.35. The van der Waals surface area contributed by atoms with Gasteiger partial charge in [-0.15, -0.1) is 0 Å². The van der Waals surface area contributed by atoms with Gasteiger partial charge in [0.25, 0.3) is 5.91 Å². The number of aryl methyl sites for hydroxylation is 1. The summed E-state index contributed by atoms with van der Waals surface area (Å²) in [6, 6.07) is 14.0. The van der Waals surface area contributed by atoms with E-state index in [1.54, 1.807) is 22.8 Å². The summed E-state index contributed by atoms with van der Waals surface area (Å²) in [5, 5.41) is 11.8. The number of likely N-dealkylation sites (tertiary alicyclic amines) is 1. The van der Waals surface area contributed by atoms with Crippen LogP contribution in [-0.2, 0) is 4.79 Å². The molecule has 1 saturated heterocycles. The summed E-state index contributed by atoms with van der Waals surface area (Å²) in [6.07, 6.45) is 0.322. The Morgan fingerprint density at radius 1 is 1.08 bits per heavy atom. The number of halogens is 4. The number of carbonyl (C=O) groups excluding carboxylic acids is 1. The second kappa shape index (κ2) is 11.0. The molecule has 0 saturated carbocycles. The van der Waals surface area contributed by atoms with Crippen molar-refractivity contribution in [2.45, 2.75) is 31.9 Å². The number of hydrogen-bond donors (Lipinski definition) is 1. The standard InChI is InChI=1S/C24H22FN5O.C2HF3O2/c1-16-7-9-21(26-13-16)24(31)29-11-3-5-19(14-29)23-27-22-10-8-18(15-30(22)28-23)17-4-2-6-20(25)12-17;3-2(4,5)1(6)7/h2,4,6-10,12-13,15,19H,3,5,11,14H2,1H3;(H,6,7). The number of aliphatic carboxylic acids is 1. The molecule has 8 nitrogen and oxygen atoms in total. The number of carboxylic acids is 1. The highest BCUT2D eigenvalue weighted by Crippen LogP contribution is 2.27. The second-order valence-corrected chi connectivity index (χ2v) is 8.81. The van der Waals surface area contributed by atoms with Gasteiger partial charge in [0.1, 0.15) is 11.5 Å². The first-order valence-corrected chi connectivity index (χ1v) is 11.7. The molecule has 1 N–H and O–H groups in total. The molecule has 5 rings (SSSR count). The van der Waals surface area contributed by atoms with E-state index in [0.717, 1.165) is 41.0 Å². The third-order valence-corrected chi connectivity index (χ3v) is 5.95. The number of benzene rings is 1. The normalized spacial score (nSPS) is 15.6. The van der Waals surface area contributed by atoms with Crippen LogP contribution >= 0.6 is 0 Å². The monoisotopic (exact) mass is 529 g/mol. The van der Waals surface area contributed by atoms with Crippen molar-refractivity contribution >= 4 is 17.5 Å². The minimum Gasteiger partial charge on any atom is -0.475 e. The number of rotatable bonds is 3. The van der Waals surface area contributed by atoms with Crippen LogP contribution < -0.4 is 0 Å². The minimum absolute atomic E-state index is 0.0538. The highest BCUT2D eigenvalue weighted by molar-refractivity contribution is 5.92. The molecule has 1 atom stereocenters. The van der Waals surface area contributed by atoms with Crippen LogP contribution in [0.15, 0.2) is 60.9 Å². The minimum atomic E-state index is -5.08. The van der Waals surface area contributed by atoms with Crippen LogP contribution in [0.2, 0.25) is 0 Å². The van der Waals surface area contributed by atoms with E-state index in [0.29, 0.717) is 18.8 Å². The van der Waals surface area contributed by atoms with Crippen LogP contribution in [0.5, 0.6) is 0 Å². The Morgan fingerprint density at radius 2 is 1.84 bits per heavy atom. The molecule has 0 radical (unpaired) electrons. The van der Waals surface area contributed by atoms with Gasteiger partial charge in [0.05, 0.1) is 0 Å². The SMILES string of the molecule is Cc1ccc(C(=O)N2CCCC(c3nc4ccc(-c5cccc(F)c5)cn4n3)C2)nc1.O=C(O)C(F)(F)F. The average molecular weight is 529 g/mol. The maximum Gasteiger partial charge on any atom is 0.490 e. The summed E-state index contributed by atoms with van der Waals surface area (Å²) in [7, 11) is 0. The third kappa shape index (κ3) is 6.31. The number of pyridine rings is 2. The number of hydrogen-bond acceptors (Lipinski definition) is 5. The summed E-state index contributed by atoms with van der Waals surface area (Å²) in [6.45, 7) is 3.23. The summed E-state index contributed by atoms with van der Waals surface area (Å²) in [5.41, 5.74) is 3.89. The fourth-order valence-electron chi connectivity index (χ4n) is 4.04. The average Bonchev–Trinajstić information content (AvgIpc) is 3.32. The smallest absolute Gasteiger partial charge is 0.475 e. The van der Waals surface area contributed by atoms with Crippen molar-refractivity contribution < 1.29 is 32.3 Å². The second-order valence-electron chi connectivity index (χ2n) is 8.81. The van der Waals surface area contributed by atoms with Crippen LogP contribution in [0, 0.1) is 12.7 Å². The topological polar surface area (TPSA) is 101 Å². The Kier molecular flexibility index (Phi) is 7.70. The van der Waals surface area contributed by atoms with E-state index in [9.17, 15) is 22.4 Å². The number of aromatic nitrogens is 4. The quantitative estimate of drug-likeness (QED) is 0.379. The first-order chi connectivity index (χ1) is 18.0. The van der Waals surface area contributed by atoms with E-state index in [2.05, 4.69) is 10.1 Å². The number of piperidine rings is 1. The van der Waals surface area contributed by atoms with Crippen LogP contribution in [0.3, 0.4) is 0 Å². The molecular formula is C26H23F4N5O3. The lowest BCUT2D eigenvalue weighted by Gasteiger charge is -2.31. The zero-order chi connectivity index (χ0) is 27.4. The number of nitrogens with zero attached hydrogens (tertiary/aromatic N) is 5. The molecule has 198 valence electrons. The summed E-state index contributed by atoms with van der Waals surface area (Å²) >= 11 is 0. The first-order valence-electron chi connectivity index (χ1n) is 11.7. The maximum atomic E-state index is 13.6. The van der Waals surface area contributed by atoms with Crippen LogP contribution in [0.25, 0.3) is 16.8 Å². The molecule has 0 bridgehead atoms. The van der Waals surface area contributed by atoms with Crippen molar-refractivity contribution in [2.24, 2.45) is 0 Å². The van der Waals surface area contributed by atoms with Crippen LogP contribution in [0.4, 0.5) is 17.6 Å². The lowest BCUT2D eigenvalue weighted by atomic mass is 9.97. The van der Waals surface area contributed by atoms with Crippen molar-refractivity contribution in [3.8, 4) is 11.1 Å². The fourth-order valence-corrected chi connectivity index (χ4v) is 4.04. The van der Waals surface area contributed by atoms with E-state index in [1.807, 2.05) is 42.3 Å². The van der Waals surface area contributed by atoms with E-state index >= 15 is 0 Å². The van der Waals surface area contributed by atoms with Gasteiger partial charge in [-0.25, -0.2) is 18.7 Å². The lowest BCUT2D eigenvalue weighted by Crippen LogP contribution is -2.39.